The highest BCUT2D eigenvalue weighted by atomic mass is 16.5. The van der Waals surface area contributed by atoms with E-state index < -0.39 is 0 Å². The zero-order chi connectivity index (χ0) is 13.1. The van der Waals surface area contributed by atoms with Gasteiger partial charge in [0.15, 0.2) is 11.2 Å². The molecule has 2 aromatic heterocycles. The van der Waals surface area contributed by atoms with Crippen LogP contribution in [-0.4, -0.2) is 50.1 Å². The molecule has 0 unspecified atom stereocenters. The number of methoxy groups -OCH3 is 1. The van der Waals surface area contributed by atoms with Crippen molar-refractivity contribution in [1.29, 1.82) is 0 Å². The fraction of sp³-hybridized carbons (Fsp3) is 0.500. The average molecular weight is 253 g/mol. The zero-order valence-corrected chi connectivity index (χ0v) is 9.94. The number of fused-ring (bicyclic) bond motifs is 1. The van der Waals surface area contributed by atoms with Crippen LogP contribution in [0.25, 0.3) is 11.2 Å². The van der Waals surface area contributed by atoms with Crippen LogP contribution in [0.2, 0.25) is 0 Å². The Labute approximate surface area is 103 Å². The summed E-state index contributed by atoms with van der Waals surface area (Å²) in [4.78, 5) is 12.2. The molecule has 2 heterocycles. The highest BCUT2D eigenvalue weighted by Gasteiger charge is 2.15. The van der Waals surface area contributed by atoms with E-state index in [1.165, 1.54) is 7.11 Å². The Kier molecular flexibility index (Phi) is 3.58. The van der Waals surface area contributed by atoms with E-state index in [0.717, 1.165) is 0 Å². The summed E-state index contributed by atoms with van der Waals surface area (Å²) in [5, 5.41) is 18.2. The molecule has 0 aliphatic heterocycles. The molecule has 0 saturated carbocycles. The van der Waals surface area contributed by atoms with Crippen molar-refractivity contribution < 1.29 is 14.9 Å². The molecule has 0 saturated heterocycles. The number of nitrogens with two attached hydrogens (primary N) is 1. The lowest BCUT2D eigenvalue weighted by Gasteiger charge is -2.11. The molecule has 0 atom stereocenters. The van der Waals surface area contributed by atoms with E-state index in [2.05, 4.69) is 15.0 Å². The van der Waals surface area contributed by atoms with E-state index in [9.17, 15) is 0 Å². The average Bonchev–Trinajstić information content (AvgIpc) is 2.77. The maximum atomic E-state index is 9.08. The molecule has 0 aliphatic carbocycles. The summed E-state index contributed by atoms with van der Waals surface area (Å²) in [6, 6.07) is 0. The molecule has 2 rings (SSSR count). The number of nitrogens with zero attached hydrogens (tertiary/aromatic N) is 4. The summed E-state index contributed by atoms with van der Waals surface area (Å²) >= 11 is 0. The molecule has 18 heavy (non-hydrogen) atoms. The van der Waals surface area contributed by atoms with E-state index in [1.54, 1.807) is 10.9 Å². The SMILES string of the molecule is COc1nc(N)nc2c1ncn2CC(CO)CO. The number of imidazole rings is 1. The fourth-order valence-electron chi connectivity index (χ4n) is 1.66. The van der Waals surface area contributed by atoms with Gasteiger partial charge < -0.3 is 25.3 Å². The summed E-state index contributed by atoms with van der Waals surface area (Å²) in [6.45, 7) is 0.158. The Morgan fingerprint density at radius 1 is 1.39 bits per heavy atom. The summed E-state index contributed by atoms with van der Waals surface area (Å²) in [6.07, 6.45) is 1.56. The number of ether oxygens (including phenoxy) is 1. The van der Waals surface area contributed by atoms with Crippen LogP contribution in [0.1, 0.15) is 0 Å². The number of hydrogen-bond acceptors (Lipinski definition) is 7. The standard InChI is InChI=1S/C10H15N5O3/c1-18-9-7-8(13-10(11)14-9)15(5-12-7)2-6(3-16)4-17/h5-6,16-17H,2-4H2,1H3,(H2,11,13,14). The molecule has 2 aromatic rings. The predicted octanol–water partition coefficient (Wildman–Crippen LogP) is -0.982. The normalized spacial score (nSPS) is 11.3. The second kappa shape index (κ2) is 5.15. The van der Waals surface area contributed by atoms with Crippen molar-refractivity contribution in [1.82, 2.24) is 19.5 Å². The van der Waals surface area contributed by atoms with Gasteiger partial charge >= 0.3 is 0 Å². The van der Waals surface area contributed by atoms with Crippen LogP contribution in [0.5, 0.6) is 5.88 Å². The highest BCUT2D eigenvalue weighted by molar-refractivity contribution is 5.77. The molecular formula is C10H15N5O3. The van der Waals surface area contributed by atoms with Crippen molar-refractivity contribution in [3.05, 3.63) is 6.33 Å². The number of nitrogen functional groups attached to an aromatic ring is 1. The van der Waals surface area contributed by atoms with Crippen molar-refractivity contribution in [2.45, 2.75) is 6.54 Å². The van der Waals surface area contributed by atoms with Gasteiger partial charge in [-0.05, 0) is 0 Å². The van der Waals surface area contributed by atoms with Crippen molar-refractivity contribution in [3.8, 4) is 5.88 Å². The molecule has 0 fully saturated rings. The van der Waals surface area contributed by atoms with E-state index in [1.807, 2.05) is 0 Å². The van der Waals surface area contributed by atoms with Crippen molar-refractivity contribution in [2.24, 2.45) is 5.92 Å². The van der Waals surface area contributed by atoms with Crippen LogP contribution in [0.4, 0.5) is 5.95 Å². The van der Waals surface area contributed by atoms with E-state index in [-0.39, 0.29) is 25.1 Å². The first-order valence-corrected chi connectivity index (χ1v) is 5.43. The first-order valence-electron chi connectivity index (χ1n) is 5.43. The molecule has 0 aromatic carbocycles. The van der Waals surface area contributed by atoms with Crippen molar-refractivity contribution in [3.63, 3.8) is 0 Å². The number of aliphatic hydroxyl groups excluding tert-OH is 2. The zero-order valence-electron chi connectivity index (χ0n) is 9.94. The quantitative estimate of drug-likeness (QED) is 0.626. The van der Waals surface area contributed by atoms with Gasteiger partial charge in [0, 0.05) is 25.7 Å². The Hall–Kier alpha value is -1.93. The second-order valence-corrected chi connectivity index (χ2v) is 3.89. The van der Waals surface area contributed by atoms with Crippen LogP contribution in [-0.2, 0) is 6.54 Å². The monoisotopic (exact) mass is 253 g/mol. The van der Waals surface area contributed by atoms with Crippen LogP contribution < -0.4 is 10.5 Å². The smallest absolute Gasteiger partial charge is 0.246 e. The van der Waals surface area contributed by atoms with Gasteiger partial charge in [0.2, 0.25) is 11.8 Å². The van der Waals surface area contributed by atoms with Crippen LogP contribution in [0.3, 0.4) is 0 Å². The first kappa shape index (κ1) is 12.5. The largest absolute Gasteiger partial charge is 0.479 e. The van der Waals surface area contributed by atoms with E-state index >= 15 is 0 Å². The fourth-order valence-corrected chi connectivity index (χ4v) is 1.66. The maximum absolute atomic E-state index is 9.08. The third kappa shape index (κ3) is 2.20. The van der Waals surface area contributed by atoms with Crippen LogP contribution >= 0.6 is 0 Å². The van der Waals surface area contributed by atoms with Gasteiger partial charge in [0.05, 0.1) is 13.4 Å². The second-order valence-electron chi connectivity index (χ2n) is 3.89. The lowest BCUT2D eigenvalue weighted by Crippen LogP contribution is -2.18. The van der Waals surface area contributed by atoms with Gasteiger partial charge in [-0.3, -0.25) is 0 Å². The van der Waals surface area contributed by atoms with Crippen molar-refractivity contribution in [2.75, 3.05) is 26.1 Å². The van der Waals surface area contributed by atoms with Gasteiger partial charge in [0.25, 0.3) is 0 Å². The van der Waals surface area contributed by atoms with Gasteiger partial charge in [-0.1, -0.05) is 0 Å². The Balaban J connectivity index is 2.43. The Morgan fingerprint density at radius 2 is 2.11 bits per heavy atom. The molecule has 8 heteroatoms. The topological polar surface area (TPSA) is 119 Å². The maximum Gasteiger partial charge on any atom is 0.246 e. The van der Waals surface area contributed by atoms with Gasteiger partial charge in [-0.15, -0.1) is 0 Å². The Bertz CT molecular complexity index is 538. The molecule has 8 nitrogen and oxygen atoms in total. The lowest BCUT2D eigenvalue weighted by atomic mass is 10.2. The molecular weight excluding hydrogens is 238 g/mol. The predicted molar refractivity (Wildman–Crippen MR) is 63.9 cm³/mol. The summed E-state index contributed by atoms with van der Waals surface area (Å²) in [5.74, 6) is 0.121. The van der Waals surface area contributed by atoms with Crippen LogP contribution in [0, 0.1) is 5.92 Å². The molecule has 4 N–H and O–H groups in total. The molecule has 0 aliphatic rings. The van der Waals surface area contributed by atoms with Crippen LogP contribution in [0.15, 0.2) is 6.33 Å². The summed E-state index contributed by atoms with van der Waals surface area (Å²) < 4.78 is 6.77. The molecule has 0 radical (unpaired) electrons. The van der Waals surface area contributed by atoms with Gasteiger partial charge in [0.1, 0.15) is 0 Å². The minimum atomic E-state index is -0.274. The highest BCUT2D eigenvalue weighted by Crippen LogP contribution is 2.21. The number of anilines is 1. The third-order valence-electron chi connectivity index (χ3n) is 2.61. The van der Waals surface area contributed by atoms with Gasteiger partial charge in [-0.25, -0.2) is 4.98 Å². The number of aliphatic hydroxyl groups is 2. The summed E-state index contributed by atoms with van der Waals surface area (Å²) in [5.41, 5.74) is 6.60. The molecule has 0 bridgehead atoms. The van der Waals surface area contributed by atoms with Gasteiger partial charge in [-0.2, -0.15) is 9.97 Å². The third-order valence-corrected chi connectivity index (χ3v) is 2.61. The van der Waals surface area contributed by atoms with E-state index in [4.69, 9.17) is 20.7 Å². The minimum absolute atomic E-state index is 0.0886. The number of aromatic nitrogens is 4. The molecule has 98 valence electrons. The lowest BCUT2D eigenvalue weighted by molar-refractivity contribution is 0.138. The first-order chi connectivity index (χ1) is 8.69. The number of hydrogen-bond donors (Lipinski definition) is 3. The molecule has 0 amide bonds. The number of rotatable bonds is 5. The van der Waals surface area contributed by atoms with E-state index in [0.29, 0.717) is 23.6 Å². The molecule has 0 spiro atoms. The summed E-state index contributed by atoms with van der Waals surface area (Å²) in [7, 11) is 1.48. The Morgan fingerprint density at radius 3 is 2.72 bits per heavy atom. The minimum Gasteiger partial charge on any atom is -0.479 e. The van der Waals surface area contributed by atoms with Crippen molar-refractivity contribution >= 4 is 17.1 Å².